The van der Waals surface area contributed by atoms with E-state index in [1.165, 1.54) is 0 Å². The van der Waals surface area contributed by atoms with Gasteiger partial charge in [-0.15, -0.1) is 0 Å². The number of nitrogens with zero attached hydrogens (tertiary/aromatic N) is 2. The number of pyridine rings is 2. The van der Waals surface area contributed by atoms with Crippen LogP contribution in [0.25, 0.3) is 11.0 Å². The predicted octanol–water partition coefficient (Wildman–Crippen LogP) is 4.03. The van der Waals surface area contributed by atoms with Gasteiger partial charge in [0.05, 0.1) is 17.3 Å². The fourth-order valence-corrected chi connectivity index (χ4v) is 2.60. The standard InChI is InChI=1S/C19H20N4O2/c1-3-17(24)13-6-8-14(9-7-13)22-19(25)23-16-11-12(2)21-15-5-4-10-20-18(15)16/h4-11,17,24H,3H2,1-2H3,(H2,21,22,23,25). The Labute approximate surface area is 145 Å². The quantitative estimate of drug-likeness (QED) is 0.671. The van der Waals surface area contributed by atoms with Gasteiger partial charge in [0.2, 0.25) is 0 Å². The Morgan fingerprint density at radius 2 is 1.96 bits per heavy atom. The Balaban J connectivity index is 1.75. The van der Waals surface area contributed by atoms with Crippen LogP contribution in [0.3, 0.4) is 0 Å². The number of aryl methyl sites for hydroxylation is 1. The van der Waals surface area contributed by atoms with Crippen LogP contribution in [0, 0.1) is 6.92 Å². The van der Waals surface area contributed by atoms with Gasteiger partial charge < -0.3 is 15.7 Å². The molecule has 6 heteroatoms. The number of aliphatic hydroxyl groups excluding tert-OH is 1. The second-order valence-corrected chi connectivity index (χ2v) is 5.81. The van der Waals surface area contributed by atoms with Crippen LogP contribution in [-0.4, -0.2) is 21.1 Å². The Morgan fingerprint density at radius 3 is 2.68 bits per heavy atom. The minimum absolute atomic E-state index is 0.360. The van der Waals surface area contributed by atoms with Gasteiger partial charge in [0.25, 0.3) is 0 Å². The SMILES string of the molecule is CCC(O)c1ccc(NC(=O)Nc2cc(C)nc3cccnc23)cc1. The summed E-state index contributed by atoms with van der Waals surface area (Å²) in [6.07, 6.45) is 1.83. The normalized spacial score (nSPS) is 12.0. The highest BCUT2D eigenvalue weighted by Gasteiger charge is 2.10. The Morgan fingerprint density at radius 1 is 1.20 bits per heavy atom. The van der Waals surface area contributed by atoms with Gasteiger partial charge >= 0.3 is 6.03 Å². The number of hydrogen-bond donors (Lipinski definition) is 3. The second kappa shape index (κ2) is 7.27. The number of rotatable bonds is 4. The number of amides is 2. The number of urea groups is 1. The maximum absolute atomic E-state index is 12.3. The topological polar surface area (TPSA) is 87.1 Å². The van der Waals surface area contributed by atoms with E-state index in [4.69, 9.17) is 0 Å². The molecule has 0 fully saturated rings. The number of aromatic nitrogens is 2. The Bertz CT molecular complexity index is 894. The average Bonchev–Trinajstić information content (AvgIpc) is 2.61. The molecule has 0 bridgehead atoms. The number of fused-ring (bicyclic) bond motifs is 1. The van der Waals surface area contributed by atoms with E-state index < -0.39 is 6.10 Å². The third kappa shape index (κ3) is 3.92. The number of aliphatic hydroxyl groups is 1. The molecule has 2 aromatic heterocycles. The molecule has 1 aromatic carbocycles. The third-order valence-electron chi connectivity index (χ3n) is 3.88. The maximum Gasteiger partial charge on any atom is 0.323 e. The first-order valence-corrected chi connectivity index (χ1v) is 8.15. The molecule has 0 aliphatic carbocycles. The molecule has 0 aliphatic heterocycles. The molecule has 3 rings (SSSR count). The van der Waals surface area contributed by atoms with E-state index in [1.807, 2.05) is 26.0 Å². The van der Waals surface area contributed by atoms with Crippen molar-refractivity contribution in [1.29, 1.82) is 0 Å². The van der Waals surface area contributed by atoms with Crippen LogP contribution in [0.4, 0.5) is 16.2 Å². The summed E-state index contributed by atoms with van der Waals surface area (Å²) in [5.41, 5.74) is 4.26. The molecule has 0 spiro atoms. The van der Waals surface area contributed by atoms with Crippen molar-refractivity contribution in [3.63, 3.8) is 0 Å². The van der Waals surface area contributed by atoms with Crippen molar-refractivity contribution in [3.05, 3.63) is 59.9 Å². The molecule has 1 unspecified atom stereocenters. The van der Waals surface area contributed by atoms with Crippen molar-refractivity contribution in [2.75, 3.05) is 10.6 Å². The molecule has 2 heterocycles. The summed E-state index contributed by atoms with van der Waals surface area (Å²) in [7, 11) is 0. The van der Waals surface area contributed by atoms with Crippen LogP contribution < -0.4 is 10.6 Å². The molecule has 3 aromatic rings. The van der Waals surface area contributed by atoms with Crippen LogP contribution in [0.2, 0.25) is 0 Å². The van der Waals surface area contributed by atoms with Crippen molar-refractivity contribution in [1.82, 2.24) is 9.97 Å². The zero-order valence-corrected chi connectivity index (χ0v) is 14.2. The highest BCUT2D eigenvalue weighted by molar-refractivity contribution is 6.04. The summed E-state index contributed by atoms with van der Waals surface area (Å²) in [4.78, 5) is 21.0. The van der Waals surface area contributed by atoms with Crippen molar-refractivity contribution < 1.29 is 9.90 Å². The van der Waals surface area contributed by atoms with Gasteiger partial charge in [-0.05, 0) is 49.2 Å². The summed E-state index contributed by atoms with van der Waals surface area (Å²) >= 11 is 0. The minimum atomic E-state index is -0.486. The first-order valence-electron chi connectivity index (χ1n) is 8.15. The zero-order valence-electron chi connectivity index (χ0n) is 14.2. The lowest BCUT2D eigenvalue weighted by atomic mass is 10.1. The fraction of sp³-hybridized carbons (Fsp3) is 0.211. The van der Waals surface area contributed by atoms with Gasteiger partial charge in [-0.3, -0.25) is 9.97 Å². The molecule has 25 heavy (non-hydrogen) atoms. The molecular weight excluding hydrogens is 316 g/mol. The smallest absolute Gasteiger partial charge is 0.323 e. The van der Waals surface area contributed by atoms with E-state index in [0.29, 0.717) is 23.3 Å². The summed E-state index contributed by atoms with van der Waals surface area (Å²) in [5, 5.41) is 15.4. The summed E-state index contributed by atoms with van der Waals surface area (Å²) in [6.45, 7) is 3.78. The number of carbonyl (C=O) groups is 1. The monoisotopic (exact) mass is 336 g/mol. The lowest BCUT2D eigenvalue weighted by Crippen LogP contribution is -2.20. The van der Waals surface area contributed by atoms with E-state index in [0.717, 1.165) is 16.8 Å². The second-order valence-electron chi connectivity index (χ2n) is 5.81. The Hall–Kier alpha value is -2.99. The molecule has 0 saturated carbocycles. The first kappa shape index (κ1) is 16.9. The summed E-state index contributed by atoms with van der Waals surface area (Å²) in [6, 6.07) is 12.2. The van der Waals surface area contributed by atoms with Crippen LogP contribution in [0.5, 0.6) is 0 Å². The minimum Gasteiger partial charge on any atom is -0.388 e. The molecule has 2 amide bonds. The summed E-state index contributed by atoms with van der Waals surface area (Å²) in [5.74, 6) is 0. The van der Waals surface area contributed by atoms with Crippen LogP contribution in [0.15, 0.2) is 48.7 Å². The third-order valence-corrected chi connectivity index (χ3v) is 3.88. The lowest BCUT2D eigenvalue weighted by Gasteiger charge is -2.12. The Kier molecular flexibility index (Phi) is 4.90. The number of nitrogens with one attached hydrogen (secondary N) is 2. The van der Waals surface area contributed by atoms with Gasteiger partial charge in [0.1, 0.15) is 5.52 Å². The van der Waals surface area contributed by atoms with Gasteiger partial charge in [-0.1, -0.05) is 19.1 Å². The molecule has 0 saturated heterocycles. The molecule has 6 nitrogen and oxygen atoms in total. The van der Waals surface area contributed by atoms with Crippen molar-refractivity contribution in [2.24, 2.45) is 0 Å². The first-order chi connectivity index (χ1) is 12.1. The molecule has 0 aliphatic rings. The van der Waals surface area contributed by atoms with Gasteiger partial charge in [0.15, 0.2) is 0 Å². The van der Waals surface area contributed by atoms with Crippen molar-refractivity contribution in [3.8, 4) is 0 Å². The highest BCUT2D eigenvalue weighted by Crippen LogP contribution is 2.22. The molecule has 128 valence electrons. The fourth-order valence-electron chi connectivity index (χ4n) is 2.60. The largest absolute Gasteiger partial charge is 0.388 e. The van der Waals surface area contributed by atoms with Crippen molar-refractivity contribution >= 4 is 28.4 Å². The summed E-state index contributed by atoms with van der Waals surface area (Å²) < 4.78 is 0. The van der Waals surface area contributed by atoms with Gasteiger partial charge in [-0.25, -0.2) is 4.79 Å². The number of benzene rings is 1. The maximum atomic E-state index is 12.3. The van der Waals surface area contributed by atoms with Gasteiger partial charge in [0, 0.05) is 17.6 Å². The average molecular weight is 336 g/mol. The van der Waals surface area contributed by atoms with E-state index in [-0.39, 0.29) is 6.03 Å². The van der Waals surface area contributed by atoms with Crippen LogP contribution >= 0.6 is 0 Å². The van der Waals surface area contributed by atoms with E-state index in [1.54, 1.807) is 36.5 Å². The van der Waals surface area contributed by atoms with Crippen LogP contribution in [0.1, 0.15) is 30.7 Å². The zero-order chi connectivity index (χ0) is 17.8. The number of anilines is 2. The predicted molar refractivity (Wildman–Crippen MR) is 98.6 cm³/mol. The molecule has 0 radical (unpaired) electrons. The van der Waals surface area contributed by atoms with E-state index in [9.17, 15) is 9.90 Å². The lowest BCUT2D eigenvalue weighted by molar-refractivity contribution is 0.173. The van der Waals surface area contributed by atoms with E-state index in [2.05, 4.69) is 20.6 Å². The molecule has 3 N–H and O–H groups in total. The van der Waals surface area contributed by atoms with E-state index >= 15 is 0 Å². The van der Waals surface area contributed by atoms with Gasteiger partial charge in [-0.2, -0.15) is 0 Å². The molecule has 1 atom stereocenters. The van der Waals surface area contributed by atoms with Crippen LogP contribution in [-0.2, 0) is 0 Å². The molecular formula is C19H20N4O2. The van der Waals surface area contributed by atoms with Crippen molar-refractivity contribution in [2.45, 2.75) is 26.4 Å². The highest BCUT2D eigenvalue weighted by atomic mass is 16.3. The number of carbonyl (C=O) groups excluding carboxylic acids is 1. The number of hydrogen-bond acceptors (Lipinski definition) is 4.